The van der Waals surface area contributed by atoms with Gasteiger partial charge in [-0.3, -0.25) is 4.90 Å². The van der Waals surface area contributed by atoms with E-state index in [4.69, 9.17) is 9.47 Å². The van der Waals surface area contributed by atoms with Gasteiger partial charge < -0.3 is 14.6 Å². The van der Waals surface area contributed by atoms with Crippen molar-refractivity contribution in [3.8, 4) is 5.75 Å². The van der Waals surface area contributed by atoms with Crippen LogP contribution in [0.4, 0.5) is 0 Å². The van der Waals surface area contributed by atoms with Crippen molar-refractivity contribution in [1.82, 2.24) is 4.90 Å². The predicted octanol–water partition coefficient (Wildman–Crippen LogP) is 5.61. The predicted molar refractivity (Wildman–Crippen MR) is 131 cm³/mol. The van der Waals surface area contributed by atoms with E-state index in [2.05, 4.69) is 62.1 Å². The van der Waals surface area contributed by atoms with Crippen LogP contribution in [0.1, 0.15) is 63.5 Å². The first-order valence-electron chi connectivity index (χ1n) is 12.3. The van der Waals surface area contributed by atoms with E-state index in [1.807, 2.05) is 18.2 Å². The highest BCUT2D eigenvalue weighted by atomic mass is 16.5. The SMILES string of the molecule is CCCC[C@@](O)(c1ccc(OCCC(C)C)cc1)[C@@H](CN1CCOCC1)c1ccccc1. The maximum absolute atomic E-state index is 12.3. The molecule has 2 aromatic rings. The van der Waals surface area contributed by atoms with E-state index in [0.717, 1.165) is 76.5 Å². The lowest BCUT2D eigenvalue weighted by atomic mass is 9.74. The largest absolute Gasteiger partial charge is 0.494 e. The zero-order valence-electron chi connectivity index (χ0n) is 20.1. The summed E-state index contributed by atoms with van der Waals surface area (Å²) in [7, 11) is 0. The molecule has 3 rings (SSSR count). The van der Waals surface area contributed by atoms with Crippen molar-refractivity contribution in [3.63, 3.8) is 0 Å². The van der Waals surface area contributed by atoms with Crippen molar-refractivity contribution in [2.75, 3.05) is 39.5 Å². The third-order valence-electron chi connectivity index (χ3n) is 6.55. The third-order valence-corrected chi connectivity index (χ3v) is 6.55. The summed E-state index contributed by atoms with van der Waals surface area (Å²) in [6, 6.07) is 18.7. The summed E-state index contributed by atoms with van der Waals surface area (Å²) in [5.74, 6) is 1.48. The fourth-order valence-corrected chi connectivity index (χ4v) is 4.48. The Morgan fingerprint density at radius 2 is 1.72 bits per heavy atom. The minimum atomic E-state index is -0.938. The van der Waals surface area contributed by atoms with Crippen molar-refractivity contribution in [3.05, 3.63) is 65.7 Å². The fourth-order valence-electron chi connectivity index (χ4n) is 4.48. The van der Waals surface area contributed by atoms with Gasteiger partial charge in [0.1, 0.15) is 5.75 Å². The van der Waals surface area contributed by atoms with Gasteiger partial charge in [-0.2, -0.15) is 0 Å². The van der Waals surface area contributed by atoms with Crippen LogP contribution in [0, 0.1) is 5.92 Å². The molecule has 1 aliphatic heterocycles. The summed E-state index contributed by atoms with van der Waals surface area (Å²) in [5, 5.41) is 12.3. The highest BCUT2D eigenvalue weighted by Crippen LogP contribution is 2.42. The van der Waals surface area contributed by atoms with Crippen LogP contribution in [0.25, 0.3) is 0 Å². The average molecular weight is 440 g/mol. The van der Waals surface area contributed by atoms with Crippen LogP contribution in [0.3, 0.4) is 0 Å². The number of benzene rings is 2. The number of aliphatic hydroxyl groups is 1. The molecular weight excluding hydrogens is 398 g/mol. The molecule has 0 amide bonds. The van der Waals surface area contributed by atoms with Crippen molar-refractivity contribution >= 4 is 0 Å². The van der Waals surface area contributed by atoms with E-state index in [-0.39, 0.29) is 5.92 Å². The van der Waals surface area contributed by atoms with Gasteiger partial charge >= 0.3 is 0 Å². The molecule has 0 radical (unpaired) electrons. The van der Waals surface area contributed by atoms with Gasteiger partial charge in [-0.1, -0.05) is 76.1 Å². The second-order valence-electron chi connectivity index (χ2n) is 9.46. The van der Waals surface area contributed by atoms with Crippen LogP contribution in [0.15, 0.2) is 54.6 Å². The van der Waals surface area contributed by atoms with Crippen molar-refractivity contribution in [1.29, 1.82) is 0 Å². The zero-order chi connectivity index (χ0) is 22.8. The number of morpholine rings is 1. The molecule has 0 bridgehead atoms. The summed E-state index contributed by atoms with van der Waals surface area (Å²) in [4.78, 5) is 2.43. The quantitative estimate of drug-likeness (QED) is 0.467. The molecule has 2 aromatic carbocycles. The molecule has 1 heterocycles. The molecular formula is C28H41NO3. The van der Waals surface area contributed by atoms with E-state index in [1.165, 1.54) is 5.56 Å². The number of unbranched alkanes of at least 4 members (excludes halogenated alkanes) is 1. The van der Waals surface area contributed by atoms with Gasteiger partial charge in [-0.25, -0.2) is 0 Å². The second kappa shape index (κ2) is 12.4. The standard InChI is InChI=1S/C28H41NO3/c1-4-5-16-28(30,25-11-13-26(14-12-25)32-19-15-23(2)3)27(24-9-7-6-8-10-24)22-29-17-20-31-21-18-29/h6-14,23,27,30H,4-5,15-22H2,1-3H3/t27-,28+/m0/s1. The van der Waals surface area contributed by atoms with Crippen molar-refractivity contribution in [2.45, 2.75) is 58.0 Å². The highest BCUT2D eigenvalue weighted by molar-refractivity contribution is 5.35. The van der Waals surface area contributed by atoms with Crippen LogP contribution in [-0.4, -0.2) is 49.5 Å². The first kappa shape index (κ1) is 24.8. The molecule has 2 atom stereocenters. The van der Waals surface area contributed by atoms with Gasteiger partial charge in [0.05, 0.1) is 25.4 Å². The molecule has 0 aliphatic carbocycles. The molecule has 0 unspecified atom stereocenters. The molecule has 4 heteroatoms. The Morgan fingerprint density at radius 3 is 2.34 bits per heavy atom. The van der Waals surface area contributed by atoms with E-state index in [1.54, 1.807) is 0 Å². The van der Waals surface area contributed by atoms with E-state index in [9.17, 15) is 5.11 Å². The summed E-state index contributed by atoms with van der Waals surface area (Å²) < 4.78 is 11.5. The second-order valence-corrected chi connectivity index (χ2v) is 9.46. The molecule has 0 spiro atoms. The Bertz CT molecular complexity index is 771. The van der Waals surface area contributed by atoms with Gasteiger partial charge in [0.2, 0.25) is 0 Å². The maximum Gasteiger partial charge on any atom is 0.119 e. The Hall–Kier alpha value is -1.88. The van der Waals surface area contributed by atoms with Crippen LogP contribution in [-0.2, 0) is 10.3 Å². The van der Waals surface area contributed by atoms with Crippen LogP contribution < -0.4 is 4.74 Å². The molecule has 176 valence electrons. The molecule has 32 heavy (non-hydrogen) atoms. The van der Waals surface area contributed by atoms with Gasteiger partial charge in [0.15, 0.2) is 0 Å². The van der Waals surface area contributed by atoms with Gasteiger partial charge in [-0.05, 0) is 42.0 Å². The Morgan fingerprint density at radius 1 is 1.03 bits per heavy atom. The van der Waals surface area contributed by atoms with E-state index < -0.39 is 5.60 Å². The molecule has 1 saturated heterocycles. The summed E-state index contributed by atoms with van der Waals surface area (Å²) in [6.07, 6.45) is 3.81. The van der Waals surface area contributed by atoms with Gasteiger partial charge in [0.25, 0.3) is 0 Å². The first-order chi connectivity index (χ1) is 15.5. The Labute approximate surface area is 194 Å². The molecule has 1 fully saturated rings. The Balaban J connectivity index is 1.88. The maximum atomic E-state index is 12.3. The number of rotatable bonds is 12. The summed E-state index contributed by atoms with van der Waals surface area (Å²) >= 11 is 0. The zero-order valence-corrected chi connectivity index (χ0v) is 20.1. The van der Waals surface area contributed by atoms with Crippen LogP contribution in [0.5, 0.6) is 5.75 Å². The van der Waals surface area contributed by atoms with Crippen LogP contribution >= 0.6 is 0 Å². The average Bonchev–Trinajstić information content (AvgIpc) is 2.82. The summed E-state index contributed by atoms with van der Waals surface area (Å²) in [6.45, 7) is 11.5. The van der Waals surface area contributed by atoms with Gasteiger partial charge in [0, 0.05) is 25.6 Å². The molecule has 4 nitrogen and oxygen atoms in total. The minimum absolute atomic E-state index is 0.0129. The lowest BCUT2D eigenvalue weighted by molar-refractivity contribution is -0.0294. The summed E-state index contributed by atoms with van der Waals surface area (Å²) in [5.41, 5.74) is 1.23. The van der Waals surface area contributed by atoms with Gasteiger partial charge in [-0.15, -0.1) is 0 Å². The number of hydrogen-bond donors (Lipinski definition) is 1. The highest BCUT2D eigenvalue weighted by Gasteiger charge is 2.40. The molecule has 0 saturated carbocycles. The Kier molecular flexibility index (Phi) is 9.58. The first-order valence-corrected chi connectivity index (χ1v) is 12.3. The van der Waals surface area contributed by atoms with Crippen molar-refractivity contribution < 1.29 is 14.6 Å². The fraction of sp³-hybridized carbons (Fsp3) is 0.571. The van der Waals surface area contributed by atoms with E-state index in [0.29, 0.717) is 5.92 Å². The lowest BCUT2D eigenvalue weighted by Crippen LogP contribution is -2.45. The smallest absolute Gasteiger partial charge is 0.119 e. The minimum Gasteiger partial charge on any atom is -0.494 e. The normalized spacial score (nSPS) is 17.8. The van der Waals surface area contributed by atoms with Crippen molar-refractivity contribution in [2.24, 2.45) is 5.92 Å². The third kappa shape index (κ3) is 6.81. The number of nitrogens with zero attached hydrogens (tertiary/aromatic N) is 1. The molecule has 0 aromatic heterocycles. The number of ether oxygens (including phenoxy) is 2. The lowest BCUT2D eigenvalue weighted by Gasteiger charge is -2.41. The van der Waals surface area contributed by atoms with E-state index >= 15 is 0 Å². The topological polar surface area (TPSA) is 41.9 Å². The molecule has 1 N–H and O–H groups in total. The van der Waals surface area contributed by atoms with Crippen LogP contribution in [0.2, 0.25) is 0 Å². The monoisotopic (exact) mass is 439 g/mol. The molecule has 1 aliphatic rings. The number of hydrogen-bond acceptors (Lipinski definition) is 4.